The lowest BCUT2D eigenvalue weighted by molar-refractivity contribution is -0.186. The van der Waals surface area contributed by atoms with E-state index in [4.69, 9.17) is 66.3 Å². The molecule has 0 saturated carbocycles. The Kier molecular flexibility index (Phi) is 20.0. The number of likely N-dealkylation sites (N-methyl/N-ethyl adjacent to an activating group) is 2. The van der Waals surface area contributed by atoms with E-state index in [2.05, 4.69) is 55.5 Å². The van der Waals surface area contributed by atoms with Gasteiger partial charge in [-0.15, -0.1) is 23.5 Å². The van der Waals surface area contributed by atoms with E-state index in [1.54, 1.807) is 38.5 Å². The van der Waals surface area contributed by atoms with E-state index in [1.807, 2.05) is 62.4 Å². The number of piperazine rings is 2. The molecule has 14 aliphatic rings. The molecule has 0 amide bonds. The number of aliphatic hydroxyl groups is 1. The van der Waals surface area contributed by atoms with Gasteiger partial charge >= 0.3 is 23.9 Å². The Bertz CT molecular complexity index is 5110. The average molecular weight is 1620 g/mol. The lowest BCUT2D eigenvalue weighted by atomic mass is 9.71. The zero-order chi connectivity index (χ0) is 81.2. The highest BCUT2D eigenvalue weighted by molar-refractivity contribution is 7.99. The van der Waals surface area contributed by atoms with Crippen LogP contribution in [0, 0.1) is 39.0 Å². The normalized spacial score (nSPS) is 28.3. The first-order chi connectivity index (χ1) is 55.1. The van der Waals surface area contributed by atoms with E-state index in [9.17, 15) is 39.8 Å². The van der Waals surface area contributed by atoms with Gasteiger partial charge < -0.3 is 81.6 Å². The molecule has 30 heteroatoms. The van der Waals surface area contributed by atoms with Crippen LogP contribution in [0.25, 0.3) is 0 Å². The third kappa shape index (κ3) is 11.9. The summed E-state index contributed by atoms with van der Waals surface area (Å²) in [5.74, 6) is 4.10. The number of ether oxygens (including phenoxy) is 14. The van der Waals surface area contributed by atoms with Gasteiger partial charge in [-0.05, 0) is 164 Å². The lowest BCUT2D eigenvalue weighted by Gasteiger charge is -2.62. The minimum absolute atomic E-state index is 0.00906. The van der Waals surface area contributed by atoms with Crippen molar-refractivity contribution in [3.05, 3.63) is 125 Å². The molecule has 115 heavy (non-hydrogen) atoms. The van der Waals surface area contributed by atoms with Gasteiger partial charge in [0.05, 0.1) is 87.4 Å². The molecule has 4 saturated heterocycles. The van der Waals surface area contributed by atoms with E-state index < -0.39 is 81.9 Å². The maximum atomic E-state index is 14.9. The number of rotatable bonds is 10. The van der Waals surface area contributed by atoms with Gasteiger partial charge in [-0.2, -0.15) is 5.26 Å². The number of carbonyl (C=O) groups is 4. The van der Waals surface area contributed by atoms with Crippen LogP contribution in [-0.2, 0) is 65.4 Å². The van der Waals surface area contributed by atoms with Gasteiger partial charge in [0.2, 0.25) is 13.6 Å². The third-order valence-corrected chi connectivity index (χ3v) is 28.3. The number of aliphatic hydroxyl groups excluding tert-OH is 1. The third-order valence-electron chi connectivity index (χ3n) is 25.4. The molecule has 14 heterocycles. The number of nitriles is 1. The van der Waals surface area contributed by atoms with E-state index in [-0.39, 0.29) is 97.7 Å². The number of hydrogen-bond donors (Lipinski definition) is 5. The molecule has 4 fully saturated rings. The maximum absolute atomic E-state index is 14.9. The van der Waals surface area contributed by atoms with Crippen molar-refractivity contribution in [2.75, 3.05) is 93.9 Å². The first-order valence-electron chi connectivity index (χ1n) is 39.1. The SMILES string of the molecule is COc1cc2c(cc1O)CCN[C@]21CS[C@@H]2c3c(OC(C)=O)c(C)c4c(c3[C@H](COC1=O)N1C2[C@H]2c3c(cc(C)c(OC)c3OC(C)C)C[C@@H]([C@@H]1C#N)N2C)OCO4.COc1cc2c(cc1O)CCN[C@]21CS[C@@H]2c3c(OC(C)=O)c(C)c4c(c3[C@H](COC1=O)N1C2[C@H]2c3c(cc(C)c(OC)c3OC(C)C)C[C@@H]([C@@H]1O)N2C)OCO4. The summed E-state index contributed by atoms with van der Waals surface area (Å²) in [4.78, 5) is 64.6. The Morgan fingerprint density at radius 1 is 0.548 bits per heavy atom. The standard InChI is InChI=1S/C43H48N4O10S.C42H49N3O11S/c1-19(2)56-40-31-24(11-20(3)36(40)52-8)12-26-27(15-44)47-28-16-53-42(50)43(25-14-30(51-7)29(49)13-23(25)9-10-45-43)17-58-41(35(47)34(31)46(26)6)33-32(28)39-38(54-18-55-39)21(4)37(33)57-22(5)48;1-18(2)55-38-29-23(11-19(3)34(38)51-8)12-25-40(48)45-26-15-52-41(49)42(24-14-28(50-7)27(47)13-22(24)9-10-43-42)16-57-39(33(45)32(29)44(25)6)31-30(26)37-36(53-17-54-37)20(4)35(31)56-21(5)46/h11,13-14,19,26-28,34-35,41,45,49H,9-10,12,16-18H2,1-8H3;11,13-14,18,25-26,32-33,39-40,43,47-48H,9-10,12,15-17H2,1-8H3/t26-,27-,28-,34+,35?,41+,43+;25-,26-,32+,33?,39+,40-,42+/m00/s1. The fourth-order valence-corrected chi connectivity index (χ4v) is 24.2. The number of esters is 4. The number of phenols is 2. The summed E-state index contributed by atoms with van der Waals surface area (Å²) in [5, 5.41) is 51.6. The minimum atomic E-state index is -1.34. The second-order valence-corrected chi connectivity index (χ2v) is 34.6. The van der Waals surface area contributed by atoms with Gasteiger partial charge in [-0.1, -0.05) is 12.1 Å². The molecule has 2 spiro atoms. The van der Waals surface area contributed by atoms with Gasteiger partial charge in [-0.25, -0.2) is 9.59 Å². The van der Waals surface area contributed by atoms with Crippen LogP contribution in [0.4, 0.5) is 0 Å². The monoisotopic (exact) mass is 1620 g/mol. The number of aromatic hydroxyl groups is 2. The highest BCUT2D eigenvalue weighted by Gasteiger charge is 2.65. The fraction of sp³-hybridized carbons (Fsp3) is 0.518. The van der Waals surface area contributed by atoms with Crippen molar-refractivity contribution < 1.29 is 101 Å². The predicted octanol–water partition coefficient (Wildman–Crippen LogP) is 9.56. The zero-order valence-corrected chi connectivity index (χ0v) is 68.9. The van der Waals surface area contributed by atoms with Crippen molar-refractivity contribution in [1.29, 1.82) is 5.26 Å². The number of carbonyl (C=O) groups excluding carboxylic acids is 4. The minimum Gasteiger partial charge on any atom is -0.504 e. The molecule has 8 bridgehead atoms. The lowest BCUT2D eigenvalue weighted by Crippen LogP contribution is -2.70. The second-order valence-electron chi connectivity index (χ2n) is 32.3. The molecular formula is C85H97N7O21S2. The Balaban J connectivity index is 0.000000166. The molecule has 5 N–H and O–H groups in total. The summed E-state index contributed by atoms with van der Waals surface area (Å²) in [6.07, 6.45) is 0.914. The molecule has 20 rings (SSSR count). The second kappa shape index (κ2) is 29.4. The highest BCUT2D eigenvalue weighted by atomic mass is 32.2. The predicted molar refractivity (Wildman–Crippen MR) is 421 cm³/mol. The van der Waals surface area contributed by atoms with Gasteiger partial charge in [-0.3, -0.25) is 39.8 Å². The van der Waals surface area contributed by atoms with Crippen molar-refractivity contribution >= 4 is 47.4 Å². The van der Waals surface area contributed by atoms with Gasteiger partial charge in [0, 0.05) is 101 Å². The Labute approximate surface area is 675 Å². The van der Waals surface area contributed by atoms with E-state index in [0.29, 0.717) is 130 Å². The average Bonchev–Trinajstić information content (AvgIpc) is 1.56. The Hall–Kier alpha value is -9.29. The number of fused-ring (bicyclic) bond motifs is 18. The molecule has 28 nitrogen and oxygen atoms in total. The van der Waals surface area contributed by atoms with Crippen LogP contribution >= 0.6 is 23.5 Å². The van der Waals surface area contributed by atoms with Crippen molar-refractivity contribution in [1.82, 2.24) is 30.2 Å². The summed E-state index contributed by atoms with van der Waals surface area (Å²) < 4.78 is 86.7. The van der Waals surface area contributed by atoms with Crippen LogP contribution < -0.4 is 67.5 Å². The number of nitrogens with one attached hydrogen (secondary N) is 2. The maximum Gasteiger partial charge on any atom is 0.331 e. The molecule has 14 aliphatic heterocycles. The quantitative estimate of drug-likeness (QED) is 0.0629. The van der Waals surface area contributed by atoms with Gasteiger partial charge in [0.25, 0.3) is 0 Å². The topological polar surface area (TPSA) is 319 Å². The van der Waals surface area contributed by atoms with Crippen molar-refractivity contribution in [2.45, 2.75) is 189 Å². The summed E-state index contributed by atoms with van der Waals surface area (Å²) in [6.45, 7) is 19.0. The molecule has 0 aliphatic carbocycles. The van der Waals surface area contributed by atoms with Crippen molar-refractivity contribution in [3.63, 3.8) is 0 Å². The zero-order valence-electron chi connectivity index (χ0n) is 67.3. The Morgan fingerprint density at radius 3 is 1.38 bits per heavy atom. The van der Waals surface area contributed by atoms with Crippen LogP contribution in [0.15, 0.2) is 36.4 Å². The molecular weight excluding hydrogens is 1520 g/mol. The number of thioether (sulfide) groups is 2. The smallest absolute Gasteiger partial charge is 0.331 e. The number of methoxy groups -OCH3 is 4. The first kappa shape index (κ1) is 78.2. The molecule has 0 aromatic heterocycles. The number of benzene rings is 6. The Morgan fingerprint density at radius 2 is 0.965 bits per heavy atom. The fourth-order valence-electron chi connectivity index (χ4n) is 20.8. The molecule has 0 radical (unpaired) electrons. The van der Waals surface area contributed by atoms with Crippen LogP contribution in [-0.4, -0.2) is 201 Å². The van der Waals surface area contributed by atoms with Crippen LogP contribution in [0.3, 0.4) is 0 Å². The van der Waals surface area contributed by atoms with E-state index in [0.717, 1.165) is 55.6 Å². The van der Waals surface area contributed by atoms with Gasteiger partial charge in [0.15, 0.2) is 80.1 Å². The number of aryl methyl sites for hydroxylation is 2. The largest absolute Gasteiger partial charge is 0.504 e. The molecule has 6 aromatic rings. The number of nitrogens with zero attached hydrogens (tertiary/aromatic N) is 5. The number of phenolic OH excluding ortho intramolecular Hbond substituents is 2. The van der Waals surface area contributed by atoms with E-state index in [1.165, 1.54) is 51.6 Å². The number of hydrogen-bond acceptors (Lipinski definition) is 30. The highest BCUT2D eigenvalue weighted by Crippen LogP contribution is 2.68. The van der Waals surface area contributed by atoms with Crippen LogP contribution in [0.2, 0.25) is 0 Å². The van der Waals surface area contributed by atoms with Crippen LogP contribution in [0.5, 0.6) is 80.5 Å². The van der Waals surface area contributed by atoms with E-state index >= 15 is 0 Å². The summed E-state index contributed by atoms with van der Waals surface area (Å²) in [7, 11) is 10.4. The van der Waals surface area contributed by atoms with Crippen molar-refractivity contribution in [2.24, 2.45) is 0 Å². The molecule has 2 unspecified atom stereocenters. The first-order valence-corrected chi connectivity index (χ1v) is 41.2. The molecule has 14 atom stereocenters. The van der Waals surface area contributed by atoms with Crippen LogP contribution in [0.1, 0.15) is 165 Å². The summed E-state index contributed by atoms with van der Waals surface area (Å²) in [6, 6.07) is 9.39. The van der Waals surface area contributed by atoms with Crippen molar-refractivity contribution in [3.8, 4) is 86.6 Å². The summed E-state index contributed by atoms with van der Waals surface area (Å²) >= 11 is 3.06. The summed E-state index contributed by atoms with van der Waals surface area (Å²) in [5.41, 5.74) is 10.3. The van der Waals surface area contributed by atoms with Gasteiger partial charge in [0.1, 0.15) is 37.0 Å². The molecule has 610 valence electrons. The molecule has 6 aromatic carbocycles.